The molecule has 0 aliphatic carbocycles. The number of anilines is 1. The summed E-state index contributed by atoms with van der Waals surface area (Å²) in [7, 11) is 0. The molecule has 0 radical (unpaired) electrons. The van der Waals surface area contributed by atoms with E-state index in [2.05, 4.69) is 10.3 Å². The Morgan fingerprint density at radius 2 is 2.42 bits per heavy atom. The maximum atomic E-state index is 12.1. The van der Waals surface area contributed by atoms with Crippen molar-refractivity contribution in [2.24, 2.45) is 0 Å². The fourth-order valence-corrected chi connectivity index (χ4v) is 2.84. The summed E-state index contributed by atoms with van der Waals surface area (Å²) < 4.78 is 0. The molecule has 104 valence electrons. The number of piperidine rings is 1. The molecule has 7 heteroatoms. The maximum Gasteiger partial charge on any atom is 0.228 e. The van der Waals surface area contributed by atoms with Gasteiger partial charge < -0.3 is 16.0 Å². The number of nitrogens with zero attached hydrogens (tertiary/aromatic N) is 2. The topological polar surface area (TPSA) is 88.3 Å². The van der Waals surface area contributed by atoms with Crippen molar-refractivity contribution in [3.63, 3.8) is 0 Å². The van der Waals surface area contributed by atoms with E-state index in [0.717, 1.165) is 19.4 Å². The highest BCUT2D eigenvalue weighted by Crippen LogP contribution is 2.15. The number of nitrogens with two attached hydrogens (primary N) is 1. The van der Waals surface area contributed by atoms with Crippen LogP contribution < -0.4 is 11.1 Å². The van der Waals surface area contributed by atoms with Gasteiger partial charge in [-0.2, -0.15) is 0 Å². The molecule has 3 N–H and O–H groups in total. The molecule has 1 aliphatic heterocycles. The van der Waals surface area contributed by atoms with Gasteiger partial charge in [0.1, 0.15) is 0 Å². The lowest BCUT2D eigenvalue weighted by molar-refractivity contribution is -0.132. The molecule has 1 atom stereocenters. The molecule has 1 unspecified atom stereocenters. The second-order valence-electron chi connectivity index (χ2n) is 4.73. The molecule has 6 nitrogen and oxygen atoms in total. The van der Waals surface area contributed by atoms with Crippen molar-refractivity contribution in [1.29, 1.82) is 0 Å². The van der Waals surface area contributed by atoms with Gasteiger partial charge in [0.05, 0.1) is 12.1 Å². The fraction of sp³-hybridized carbons (Fsp3) is 0.583. The zero-order valence-corrected chi connectivity index (χ0v) is 11.7. The number of aromatic nitrogens is 1. The van der Waals surface area contributed by atoms with Crippen LogP contribution in [0.5, 0.6) is 0 Å². The van der Waals surface area contributed by atoms with Crippen LogP contribution in [0.25, 0.3) is 0 Å². The minimum atomic E-state index is -0.0495. The van der Waals surface area contributed by atoms with Gasteiger partial charge in [0.2, 0.25) is 11.8 Å². The SMILES string of the molecule is CC(=O)NC1CCCN(C(=O)Cc2csc(N)n2)C1. The lowest BCUT2D eigenvalue weighted by Crippen LogP contribution is -2.49. The van der Waals surface area contributed by atoms with Crippen LogP contribution >= 0.6 is 11.3 Å². The standard InChI is InChI=1S/C12H18N4O2S/c1-8(17)14-9-3-2-4-16(6-9)11(18)5-10-7-19-12(13)15-10/h7,9H,2-6H2,1H3,(H2,13,15)(H,14,17). The summed E-state index contributed by atoms with van der Waals surface area (Å²) in [4.78, 5) is 29.1. The largest absolute Gasteiger partial charge is 0.375 e. The molecular formula is C12H18N4O2S. The van der Waals surface area contributed by atoms with Crippen LogP contribution in [0.4, 0.5) is 5.13 Å². The Labute approximate surface area is 116 Å². The van der Waals surface area contributed by atoms with E-state index in [0.29, 0.717) is 17.4 Å². The molecule has 1 aliphatic rings. The molecule has 1 saturated heterocycles. The van der Waals surface area contributed by atoms with E-state index in [4.69, 9.17) is 5.73 Å². The molecule has 0 aromatic carbocycles. The first-order valence-electron chi connectivity index (χ1n) is 6.29. The third kappa shape index (κ3) is 3.92. The third-order valence-electron chi connectivity index (χ3n) is 3.08. The Morgan fingerprint density at radius 3 is 3.05 bits per heavy atom. The number of carbonyl (C=O) groups excluding carboxylic acids is 2. The summed E-state index contributed by atoms with van der Waals surface area (Å²) in [6.45, 7) is 2.82. The molecule has 0 spiro atoms. The van der Waals surface area contributed by atoms with E-state index in [1.165, 1.54) is 18.3 Å². The maximum absolute atomic E-state index is 12.1. The van der Waals surface area contributed by atoms with Gasteiger partial charge in [-0.05, 0) is 12.8 Å². The number of carbonyl (C=O) groups is 2. The molecule has 2 amide bonds. The molecule has 2 heterocycles. The molecule has 2 rings (SSSR count). The van der Waals surface area contributed by atoms with Crippen molar-refractivity contribution < 1.29 is 9.59 Å². The number of nitrogen functional groups attached to an aromatic ring is 1. The first-order chi connectivity index (χ1) is 9.04. The smallest absolute Gasteiger partial charge is 0.228 e. The third-order valence-corrected chi connectivity index (χ3v) is 3.81. The number of rotatable bonds is 3. The molecule has 19 heavy (non-hydrogen) atoms. The van der Waals surface area contributed by atoms with Gasteiger partial charge in [0.15, 0.2) is 5.13 Å². The van der Waals surface area contributed by atoms with Gasteiger partial charge >= 0.3 is 0 Å². The normalized spacial score (nSPS) is 19.2. The van der Waals surface area contributed by atoms with Gasteiger partial charge in [0.25, 0.3) is 0 Å². The van der Waals surface area contributed by atoms with E-state index >= 15 is 0 Å². The number of hydrogen-bond acceptors (Lipinski definition) is 5. The van der Waals surface area contributed by atoms with Crippen LogP contribution in [0.1, 0.15) is 25.5 Å². The van der Waals surface area contributed by atoms with Crippen LogP contribution in [0.2, 0.25) is 0 Å². The molecule has 1 fully saturated rings. The van der Waals surface area contributed by atoms with Crippen molar-refractivity contribution in [3.8, 4) is 0 Å². The van der Waals surface area contributed by atoms with E-state index in [1.807, 2.05) is 5.38 Å². The van der Waals surface area contributed by atoms with Crippen LogP contribution in [0, 0.1) is 0 Å². The van der Waals surface area contributed by atoms with Crippen molar-refractivity contribution in [1.82, 2.24) is 15.2 Å². The predicted molar refractivity (Wildman–Crippen MR) is 73.6 cm³/mol. The van der Waals surface area contributed by atoms with Gasteiger partial charge in [-0.1, -0.05) is 0 Å². The van der Waals surface area contributed by atoms with Gasteiger partial charge in [-0.3, -0.25) is 9.59 Å². The number of nitrogens with one attached hydrogen (secondary N) is 1. The number of hydrogen-bond donors (Lipinski definition) is 2. The van der Waals surface area contributed by atoms with Gasteiger partial charge in [-0.25, -0.2) is 4.98 Å². The van der Waals surface area contributed by atoms with Crippen molar-refractivity contribution >= 4 is 28.3 Å². The number of amides is 2. The number of thiazole rings is 1. The second kappa shape index (κ2) is 6.01. The highest BCUT2D eigenvalue weighted by molar-refractivity contribution is 7.13. The molecule has 1 aromatic heterocycles. The van der Waals surface area contributed by atoms with Crippen LogP contribution in [-0.2, 0) is 16.0 Å². The highest BCUT2D eigenvalue weighted by Gasteiger charge is 2.24. The average molecular weight is 282 g/mol. The van der Waals surface area contributed by atoms with Crippen molar-refractivity contribution in [2.45, 2.75) is 32.2 Å². The lowest BCUT2D eigenvalue weighted by Gasteiger charge is -2.33. The fourth-order valence-electron chi connectivity index (χ4n) is 2.28. The molecule has 0 saturated carbocycles. The van der Waals surface area contributed by atoms with E-state index < -0.39 is 0 Å². The lowest BCUT2D eigenvalue weighted by atomic mass is 10.1. The van der Waals surface area contributed by atoms with E-state index in [-0.39, 0.29) is 24.3 Å². The minimum absolute atomic E-state index is 0.0420. The average Bonchev–Trinajstić information content (AvgIpc) is 2.74. The highest BCUT2D eigenvalue weighted by atomic mass is 32.1. The summed E-state index contributed by atoms with van der Waals surface area (Å²) in [5.74, 6) is -0.00748. The summed E-state index contributed by atoms with van der Waals surface area (Å²) in [5.41, 5.74) is 6.26. The van der Waals surface area contributed by atoms with Crippen LogP contribution in [-0.4, -0.2) is 40.8 Å². The summed E-state index contributed by atoms with van der Waals surface area (Å²) in [6, 6.07) is 0.0655. The zero-order chi connectivity index (χ0) is 13.8. The monoisotopic (exact) mass is 282 g/mol. The Hall–Kier alpha value is -1.63. The summed E-state index contributed by atoms with van der Waals surface area (Å²) in [6.07, 6.45) is 2.11. The Bertz CT molecular complexity index is 474. The predicted octanol–water partition coefficient (Wildman–Crippen LogP) is 0.395. The van der Waals surface area contributed by atoms with Crippen LogP contribution in [0.3, 0.4) is 0 Å². The molecule has 0 bridgehead atoms. The summed E-state index contributed by atoms with van der Waals surface area (Å²) in [5, 5.41) is 5.16. The Balaban J connectivity index is 1.89. The van der Waals surface area contributed by atoms with E-state index in [1.54, 1.807) is 4.90 Å². The zero-order valence-electron chi connectivity index (χ0n) is 10.9. The Morgan fingerprint density at radius 1 is 1.63 bits per heavy atom. The number of likely N-dealkylation sites (tertiary alicyclic amines) is 1. The van der Waals surface area contributed by atoms with Gasteiger partial charge in [-0.15, -0.1) is 11.3 Å². The first-order valence-corrected chi connectivity index (χ1v) is 7.17. The van der Waals surface area contributed by atoms with Crippen molar-refractivity contribution in [3.05, 3.63) is 11.1 Å². The molecular weight excluding hydrogens is 264 g/mol. The first kappa shape index (κ1) is 13.8. The van der Waals surface area contributed by atoms with Crippen molar-refractivity contribution in [2.75, 3.05) is 18.8 Å². The van der Waals surface area contributed by atoms with Gasteiger partial charge in [0, 0.05) is 31.4 Å². The van der Waals surface area contributed by atoms with Crippen LogP contribution in [0.15, 0.2) is 5.38 Å². The van der Waals surface area contributed by atoms with E-state index in [9.17, 15) is 9.59 Å². The quantitative estimate of drug-likeness (QED) is 0.839. The molecule has 1 aromatic rings. The summed E-state index contributed by atoms with van der Waals surface area (Å²) >= 11 is 1.34. The second-order valence-corrected chi connectivity index (χ2v) is 5.62. The Kier molecular flexibility index (Phi) is 4.36. The minimum Gasteiger partial charge on any atom is -0.375 e.